The lowest BCUT2D eigenvalue weighted by Gasteiger charge is -2.22. The average molecular weight is 704 g/mol. The van der Waals surface area contributed by atoms with Crippen molar-refractivity contribution in [3.05, 3.63) is 181 Å². The molecule has 258 valence electrons. The first-order chi connectivity index (χ1) is 26.9. The molecule has 0 atom stereocenters. The highest BCUT2D eigenvalue weighted by molar-refractivity contribution is 6.10. The molecule has 0 unspecified atom stereocenters. The molecule has 0 bridgehead atoms. The fourth-order valence-electron chi connectivity index (χ4n) is 8.10. The van der Waals surface area contributed by atoms with Crippen molar-refractivity contribution in [3.63, 3.8) is 0 Å². The molecule has 2 aromatic heterocycles. The summed E-state index contributed by atoms with van der Waals surface area (Å²) in [5, 5.41) is 14.1. The summed E-state index contributed by atoms with van der Waals surface area (Å²) < 4.78 is 0. The lowest BCUT2D eigenvalue weighted by molar-refractivity contribution is 0.661. The highest BCUT2D eigenvalue weighted by atomic mass is 15.0. The summed E-state index contributed by atoms with van der Waals surface area (Å²) in [7, 11) is 0. The first kappa shape index (κ1) is 32.4. The molecule has 1 aliphatic carbocycles. The molecule has 5 heteroatoms. The van der Waals surface area contributed by atoms with Gasteiger partial charge < -0.3 is 0 Å². The molecule has 0 amide bonds. The Morgan fingerprint density at radius 3 is 1.71 bits per heavy atom. The Hall–Kier alpha value is -7.29. The maximum atomic E-state index is 9.50. The number of fused-ring (bicyclic) bond motifs is 6. The van der Waals surface area contributed by atoms with Crippen LogP contribution in [0.5, 0.6) is 0 Å². The quantitative estimate of drug-likeness (QED) is 0.167. The molecule has 0 saturated carbocycles. The molecule has 0 fully saturated rings. The number of rotatable bonds is 5. The fraction of sp³-hybridized carbons (Fsp3) is 0.0600. The molecular weight excluding hydrogens is 671 g/mol. The van der Waals surface area contributed by atoms with Crippen LogP contribution >= 0.6 is 0 Å². The smallest absolute Gasteiger partial charge is 0.164 e. The number of aromatic nitrogens is 4. The van der Waals surface area contributed by atoms with Crippen LogP contribution in [0.15, 0.2) is 164 Å². The van der Waals surface area contributed by atoms with Gasteiger partial charge in [0.2, 0.25) is 0 Å². The molecule has 2 heterocycles. The zero-order valence-electron chi connectivity index (χ0n) is 30.3. The van der Waals surface area contributed by atoms with Gasteiger partial charge in [0, 0.05) is 40.1 Å². The third kappa shape index (κ3) is 5.55. The Morgan fingerprint density at radius 1 is 0.455 bits per heavy atom. The van der Waals surface area contributed by atoms with Crippen LogP contribution in [-0.4, -0.2) is 19.9 Å². The predicted octanol–water partition coefficient (Wildman–Crippen LogP) is 12.1. The third-order valence-electron chi connectivity index (χ3n) is 11.0. The molecule has 1 aliphatic rings. The standard InChI is InChI=1S/C50H33N5/c1-50(2)45-26-34(18-20-42(45)44-28-43-36(27-46(44)50)17-16-35-22-31(29-51)15-19-41(35)43)38-23-39(37-14-9-21-52-30-37)25-40(24-38)49-54-47(32-10-5-3-6-11-32)53-48(55-49)33-12-7-4-8-13-33/h3-28,30H,1-2H3. The number of nitriles is 1. The monoisotopic (exact) mass is 703 g/mol. The second-order valence-electron chi connectivity index (χ2n) is 14.7. The molecular formula is C50H33N5. The van der Waals surface area contributed by atoms with Gasteiger partial charge in [-0.3, -0.25) is 4.98 Å². The van der Waals surface area contributed by atoms with Gasteiger partial charge in [0.25, 0.3) is 0 Å². The van der Waals surface area contributed by atoms with E-state index in [9.17, 15) is 5.26 Å². The van der Waals surface area contributed by atoms with E-state index in [1.807, 2.05) is 85.1 Å². The molecule has 0 N–H and O–H groups in total. The Bertz CT molecular complexity index is 2940. The van der Waals surface area contributed by atoms with Crippen molar-refractivity contribution in [1.82, 2.24) is 19.9 Å². The molecule has 9 aromatic rings. The highest BCUT2D eigenvalue weighted by Gasteiger charge is 2.36. The zero-order valence-corrected chi connectivity index (χ0v) is 30.3. The van der Waals surface area contributed by atoms with E-state index < -0.39 is 0 Å². The van der Waals surface area contributed by atoms with Crippen LogP contribution in [0.4, 0.5) is 0 Å². The van der Waals surface area contributed by atoms with Crippen LogP contribution in [0.25, 0.3) is 89.1 Å². The second kappa shape index (κ2) is 12.7. The summed E-state index contributed by atoms with van der Waals surface area (Å²) in [6, 6.07) is 55.0. The van der Waals surface area contributed by atoms with Crippen LogP contribution in [0.1, 0.15) is 30.5 Å². The lowest BCUT2D eigenvalue weighted by Crippen LogP contribution is -2.15. The van der Waals surface area contributed by atoms with Gasteiger partial charge in [-0.05, 0) is 115 Å². The summed E-state index contributed by atoms with van der Waals surface area (Å²) in [4.78, 5) is 19.6. The van der Waals surface area contributed by atoms with Gasteiger partial charge in [0.05, 0.1) is 11.6 Å². The van der Waals surface area contributed by atoms with E-state index in [0.29, 0.717) is 23.0 Å². The fourth-order valence-corrected chi connectivity index (χ4v) is 8.10. The van der Waals surface area contributed by atoms with E-state index in [1.54, 1.807) is 6.20 Å². The molecule has 0 saturated heterocycles. The molecule has 0 spiro atoms. The van der Waals surface area contributed by atoms with E-state index in [2.05, 4.69) is 97.7 Å². The Balaban J connectivity index is 1.14. The van der Waals surface area contributed by atoms with Crippen molar-refractivity contribution >= 4 is 21.5 Å². The summed E-state index contributed by atoms with van der Waals surface area (Å²) in [5.41, 5.74) is 12.6. The molecule has 55 heavy (non-hydrogen) atoms. The number of hydrogen-bond acceptors (Lipinski definition) is 5. The van der Waals surface area contributed by atoms with Gasteiger partial charge in [0.15, 0.2) is 17.5 Å². The maximum Gasteiger partial charge on any atom is 0.164 e. The Morgan fingerprint density at radius 2 is 1.05 bits per heavy atom. The van der Waals surface area contributed by atoms with Crippen molar-refractivity contribution in [1.29, 1.82) is 5.26 Å². The maximum absolute atomic E-state index is 9.50. The van der Waals surface area contributed by atoms with Gasteiger partial charge in [-0.2, -0.15) is 5.26 Å². The molecule has 0 radical (unpaired) electrons. The van der Waals surface area contributed by atoms with Gasteiger partial charge in [-0.25, -0.2) is 15.0 Å². The number of nitrogens with zero attached hydrogens (tertiary/aromatic N) is 5. The molecule has 10 rings (SSSR count). The van der Waals surface area contributed by atoms with Crippen LogP contribution in [0.2, 0.25) is 0 Å². The van der Waals surface area contributed by atoms with E-state index >= 15 is 0 Å². The third-order valence-corrected chi connectivity index (χ3v) is 11.0. The summed E-state index contributed by atoms with van der Waals surface area (Å²) in [6.45, 7) is 4.65. The first-order valence-electron chi connectivity index (χ1n) is 18.4. The van der Waals surface area contributed by atoms with Crippen molar-refractivity contribution < 1.29 is 0 Å². The van der Waals surface area contributed by atoms with Gasteiger partial charge in [0.1, 0.15) is 0 Å². The Labute approximate surface area is 319 Å². The SMILES string of the molecule is CC1(C)c2cc(-c3cc(-c4cccnc4)cc(-c4nc(-c5ccccc5)nc(-c5ccccc5)n4)c3)ccc2-c2cc3c(ccc4cc(C#N)ccc43)cc21. The van der Waals surface area contributed by atoms with Crippen LogP contribution < -0.4 is 0 Å². The topological polar surface area (TPSA) is 75.3 Å². The van der Waals surface area contributed by atoms with Crippen LogP contribution in [0.3, 0.4) is 0 Å². The minimum atomic E-state index is -0.221. The van der Waals surface area contributed by atoms with Gasteiger partial charge in [-0.15, -0.1) is 0 Å². The van der Waals surface area contributed by atoms with E-state index in [-0.39, 0.29) is 5.41 Å². The largest absolute Gasteiger partial charge is 0.264 e. The summed E-state index contributed by atoms with van der Waals surface area (Å²) in [6.07, 6.45) is 3.70. The number of pyridine rings is 1. The van der Waals surface area contributed by atoms with E-state index in [4.69, 9.17) is 15.0 Å². The summed E-state index contributed by atoms with van der Waals surface area (Å²) >= 11 is 0. The first-order valence-corrected chi connectivity index (χ1v) is 18.4. The lowest BCUT2D eigenvalue weighted by atomic mass is 9.81. The molecule has 5 nitrogen and oxygen atoms in total. The van der Waals surface area contributed by atoms with E-state index in [0.717, 1.165) is 49.7 Å². The highest BCUT2D eigenvalue weighted by Crippen LogP contribution is 2.51. The summed E-state index contributed by atoms with van der Waals surface area (Å²) in [5.74, 6) is 1.86. The molecule has 0 aliphatic heterocycles. The average Bonchev–Trinajstić information content (AvgIpc) is 3.47. The number of benzene rings is 7. The number of hydrogen-bond donors (Lipinski definition) is 0. The molecule has 7 aromatic carbocycles. The van der Waals surface area contributed by atoms with Crippen LogP contribution in [-0.2, 0) is 5.41 Å². The minimum Gasteiger partial charge on any atom is -0.264 e. The minimum absolute atomic E-state index is 0.221. The Kier molecular flexibility index (Phi) is 7.47. The second-order valence-corrected chi connectivity index (χ2v) is 14.7. The van der Waals surface area contributed by atoms with Gasteiger partial charge >= 0.3 is 0 Å². The van der Waals surface area contributed by atoms with Gasteiger partial charge in [-0.1, -0.05) is 111 Å². The predicted molar refractivity (Wildman–Crippen MR) is 222 cm³/mol. The van der Waals surface area contributed by atoms with Crippen molar-refractivity contribution in [2.75, 3.05) is 0 Å². The van der Waals surface area contributed by atoms with Crippen LogP contribution in [0, 0.1) is 11.3 Å². The zero-order chi connectivity index (χ0) is 37.1. The van der Waals surface area contributed by atoms with E-state index in [1.165, 1.54) is 33.0 Å². The van der Waals surface area contributed by atoms with Crippen molar-refractivity contribution in [3.8, 4) is 73.6 Å². The van der Waals surface area contributed by atoms with Crippen molar-refractivity contribution in [2.45, 2.75) is 19.3 Å². The normalized spacial score (nSPS) is 12.7. The van der Waals surface area contributed by atoms with Crippen molar-refractivity contribution in [2.24, 2.45) is 0 Å².